The number of rotatable bonds is 4. The largest absolute Gasteiger partial charge is 0.355 e. The van der Waals surface area contributed by atoms with Crippen LogP contribution in [0.1, 0.15) is 18.3 Å². The van der Waals surface area contributed by atoms with Gasteiger partial charge in [-0.25, -0.2) is 15.0 Å². The molecule has 3 aromatic rings. The lowest BCUT2D eigenvalue weighted by Gasteiger charge is -2.20. The molecular formula is C15H17ClN6. The van der Waals surface area contributed by atoms with Gasteiger partial charge in [0.25, 0.3) is 0 Å². The highest BCUT2D eigenvalue weighted by molar-refractivity contribution is 6.30. The maximum atomic E-state index is 6.15. The molecule has 0 fully saturated rings. The number of hydrogen-bond donors (Lipinski definition) is 0. The molecule has 0 saturated heterocycles. The topological polar surface area (TPSA) is 59.7 Å². The quantitative estimate of drug-likeness (QED) is 0.692. The third-order valence-electron chi connectivity index (χ3n) is 3.54. The summed E-state index contributed by atoms with van der Waals surface area (Å²) >= 11 is 6.15. The summed E-state index contributed by atoms with van der Waals surface area (Å²) in [6.45, 7) is 2.66. The zero-order chi connectivity index (χ0) is 15.7. The molecule has 0 radical (unpaired) electrons. The van der Waals surface area contributed by atoms with Gasteiger partial charge in [-0.1, -0.05) is 24.6 Å². The molecule has 0 aliphatic carbocycles. The van der Waals surface area contributed by atoms with Crippen LogP contribution in [0, 0.1) is 0 Å². The summed E-state index contributed by atoms with van der Waals surface area (Å²) in [7, 11) is 3.87. The second-order valence-electron chi connectivity index (χ2n) is 5.13. The number of aromatic nitrogens is 5. The van der Waals surface area contributed by atoms with Crippen molar-refractivity contribution in [2.45, 2.75) is 19.9 Å². The van der Waals surface area contributed by atoms with Crippen LogP contribution < -0.4 is 4.90 Å². The van der Waals surface area contributed by atoms with Crippen LogP contribution in [0.5, 0.6) is 0 Å². The standard InChI is InChI=1S/C15H17ClN6/c1-4-12-19-14(11-8-18-22(3)15(11)20-12)21(2)9-10-6-5-7-17-13(10)16/h5-8H,4,9H2,1-3H3. The molecule has 114 valence electrons. The molecule has 0 aromatic carbocycles. The Bertz CT molecular complexity index is 813. The van der Waals surface area contributed by atoms with Crippen molar-refractivity contribution in [1.82, 2.24) is 24.7 Å². The first-order valence-corrected chi connectivity index (χ1v) is 7.47. The van der Waals surface area contributed by atoms with Crippen molar-refractivity contribution in [2.75, 3.05) is 11.9 Å². The Labute approximate surface area is 133 Å². The van der Waals surface area contributed by atoms with Gasteiger partial charge >= 0.3 is 0 Å². The number of hydrogen-bond acceptors (Lipinski definition) is 5. The minimum Gasteiger partial charge on any atom is -0.355 e. The average Bonchev–Trinajstić information content (AvgIpc) is 2.90. The Balaban J connectivity index is 2.03. The lowest BCUT2D eigenvalue weighted by atomic mass is 10.2. The normalized spacial score (nSPS) is 11.1. The summed E-state index contributed by atoms with van der Waals surface area (Å²) in [5.41, 5.74) is 1.80. The maximum absolute atomic E-state index is 6.15. The van der Waals surface area contributed by atoms with Crippen molar-refractivity contribution in [2.24, 2.45) is 7.05 Å². The summed E-state index contributed by atoms with van der Waals surface area (Å²) in [5.74, 6) is 1.66. The highest BCUT2D eigenvalue weighted by Crippen LogP contribution is 2.25. The van der Waals surface area contributed by atoms with E-state index in [2.05, 4.69) is 20.1 Å². The molecular weight excluding hydrogens is 300 g/mol. The predicted molar refractivity (Wildman–Crippen MR) is 87.0 cm³/mol. The SMILES string of the molecule is CCc1nc(N(C)Cc2cccnc2Cl)c2cnn(C)c2n1. The molecule has 3 aromatic heterocycles. The summed E-state index contributed by atoms with van der Waals surface area (Å²) in [5, 5.41) is 5.74. The van der Waals surface area contributed by atoms with Gasteiger partial charge in [-0.3, -0.25) is 4.68 Å². The van der Waals surface area contributed by atoms with Gasteiger partial charge in [-0.2, -0.15) is 5.10 Å². The highest BCUT2D eigenvalue weighted by atomic mass is 35.5. The van der Waals surface area contributed by atoms with Gasteiger partial charge in [0.15, 0.2) is 5.65 Å². The fraction of sp³-hybridized carbons (Fsp3) is 0.333. The van der Waals surface area contributed by atoms with Crippen molar-refractivity contribution in [3.05, 3.63) is 41.1 Å². The van der Waals surface area contributed by atoms with Crippen LogP contribution in [0.4, 0.5) is 5.82 Å². The average molecular weight is 317 g/mol. The van der Waals surface area contributed by atoms with Crippen molar-refractivity contribution in [3.8, 4) is 0 Å². The van der Waals surface area contributed by atoms with Crippen molar-refractivity contribution in [3.63, 3.8) is 0 Å². The molecule has 22 heavy (non-hydrogen) atoms. The van der Waals surface area contributed by atoms with Crippen LogP contribution in [0.3, 0.4) is 0 Å². The van der Waals surface area contributed by atoms with Gasteiger partial charge in [0.2, 0.25) is 0 Å². The zero-order valence-electron chi connectivity index (χ0n) is 12.8. The molecule has 0 unspecified atom stereocenters. The smallest absolute Gasteiger partial charge is 0.163 e. The van der Waals surface area contributed by atoms with Gasteiger partial charge in [-0.15, -0.1) is 0 Å². The Hall–Kier alpha value is -2.21. The summed E-state index contributed by atoms with van der Waals surface area (Å²) in [6.07, 6.45) is 4.26. The summed E-state index contributed by atoms with van der Waals surface area (Å²) in [6, 6.07) is 3.85. The summed E-state index contributed by atoms with van der Waals surface area (Å²) < 4.78 is 1.77. The molecule has 0 aliphatic heterocycles. The lowest BCUT2D eigenvalue weighted by Crippen LogP contribution is -2.19. The minimum absolute atomic E-state index is 0.515. The van der Waals surface area contributed by atoms with Gasteiger partial charge in [0, 0.05) is 38.8 Å². The second kappa shape index (κ2) is 5.88. The third kappa shape index (κ3) is 2.62. The van der Waals surface area contributed by atoms with E-state index >= 15 is 0 Å². The minimum atomic E-state index is 0.515. The van der Waals surface area contributed by atoms with Crippen molar-refractivity contribution < 1.29 is 0 Å². The monoisotopic (exact) mass is 316 g/mol. The van der Waals surface area contributed by atoms with Crippen LogP contribution in [-0.2, 0) is 20.0 Å². The molecule has 0 spiro atoms. The fourth-order valence-corrected chi connectivity index (χ4v) is 2.55. The van der Waals surface area contributed by atoms with Crippen molar-refractivity contribution in [1.29, 1.82) is 0 Å². The Kier molecular flexibility index (Phi) is 3.94. The zero-order valence-corrected chi connectivity index (χ0v) is 13.5. The lowest BCUT2D eigenvalue weighted by molar-refractivity contribution is 0.778. The summed E-state index contributed by atoms with van der Waals surface area (Å²) in [4.78, 5) is 15.4. The van der Waals surface area contributed by atoms with Gasteiger partial charge in [-0.05, 0) is 6.07 Å². The molecule has 0 N–H and O–H groups in total. The van der Waals surface area contributed by atoms with E-state index in [4.69, 9.17) is 11.6 Å². The molecule has 0 atom stereocenters. The number of aryl methyl sites for hydroxylation is 2. The Morgan fingerprint density at radius 3 is 2.86 bits per heavy atom. The molecule has 0 saturated carbocycles. The number of anilines is 1. The molecule has 3 rings (SSSR count). The number of fused-ring (bicyclic) bond motifs is 1. The van der Waals surface area contributed by atoms with E-state index in [1.54, 1.807) is 17.1 Å². The molecule has 7 heteroatoms. The first kappa shape index (κ1) is 14.7. The van der Waals surface area contributed by atoms with Crippen LogP contribution in [0.25, 0.3) is 11.0 Å². The van der Waals surface area contributed by atoms with E-state index in [1.165, 1.54) is 0 Å². The molecule has 6 nitrogen and oxygen atoms in total. The maximum Gasteiger partial charge on any atom is 0.163 e. The van der Waals surface area contributed by atoms with Crippen molar-refractivity contribution >= 4 is 28.5 Å². The molecule has 0 bridgehead atoms. The number of pyridine rings is 1. The first-order valence-electron chi connectivity index (χ1n) is 7.09. The number of nitrogens with zero attached hydrogens (tertiary/aromatic N) is 6. The fourth-order valence-electron chi connectivity index (χ4n) is 2.37. The van der Waals surface area contributed by atoms with E-state index < -0.39 is 0 Å². The van der Waals surface area contributed by atoms with Crippen LogP contribution in [0.15, 0.2) is 24.5 Å². The second-order valence-corrected chi connectivity index (χ2v) is 5.49. The van der Waals surface area contributed by atoms with E-state index in [1.807, 2.05) is 38.1 Å². The Morgan fingerprint density at radius 2 is 2.14 bits per heavy atom. The first-order chi connectivity index (χ1) is 10.6. The van der Waals surface area contributed by atoms with E-state index in [-0.39, 0.29) is 0 Å². The Morgan fingerprint density at radius 1 is 1.32 bits per heavy atom. The molecule has 0 amide bonds. The highest BCUT2D eigenvalue weighted by Gasteiger charge is 2.15. The van der Waals surface area contributed by atoms with Crippen LogP contribution in [0.2, 0.25) is 5.15 Å². The van der Waals surface area contributed by atoms with Crippen LogP contribution >= 0.6 is 11.6 Å². The molecule has 0 aliphatic rings. The van der Waals surface area contributed by atoms with Gasteiger partial charge in [0.1, 0.15) is 16.8 Å². The predicted octanol–water partition coefficient (Wildman–Crippen LogP) is 2.61. The number of halogens is 1. The van der Waals surface area contributed by atoms with Gasteiger partial charge in [0.05, 0.1) is 11.6 Å². The van der Waals surface area contributed by atoms with Crippen LogP contribution in [-0.4, -0.2) is 31.8 Å². The third-order valence-corrected chi connectivity index (χ3v) is 3.88. The van der Waals surface area contributed by atoms with Gasteiger partial charge < -0.3 is 4.90 Å². The van der Waals surface area contributed by atoms with E-state index in [0.29, 0.717) is 11.7 Å². The van der Waals surface area contributed by atoms with E-state index in [9.17, 15) is 0 Å². The molecule has 3 heterocycles. The van der Waals surface area contributed by atoms with E-state index in [0.717, 1.165) is 34.7 Å².